The lowest BCUT2D eigenvalue weighted by Gasteiger charge is -2.29. The van der Waals surface area contributed by atoms with Crippen LogP contribution in [0, 0.1) is 0 Å². The lowest BCUT2D eigenvalue weighted by molar-refractivity contribution is -1.01. The molecule has 0 aromatic carbocycles. The Bertz CT molecular complexity index is 543. The van der Waals surface area contributed by atoms with Crippen LogP contribution in [0.3, 0.4) is 0 Å². The second kappa shape index (κ2) is 8.45. The lowest BCUT2D eigenvalue weighted by atomic mass is 10.3. The van der Waals surface area contributed by atoms with Crippen LogP contribution in [-0.4, -0.2) is 57.4 Å². The maximum Gasteiger partial charge on any atom is 0.405 e. The van der Waals surface area contributed by atoms with Gasteiger partial charge in [0.2, 0.25) is 0 Å². The van der Waals surface area contributed by atoms with Gasteiger partial charge in [0.1, 0.15) is 39.3 Å². The number of rotatable bonds is 5. The van der Waals surface area contributed by atoms with Gasteiger partial charge in [-0.25, -0.2) is 4.79 Å². The molecule has 0 spiro atoms. The first kappa shape index (κ1) is 18.7. The number of halogens is 3. The van der Waals surface area contributed by atoms with E-state index in [0.29, 0.717) is 0 Å². The van der Waals surface area contributed by atoms with E-state index < -0.39 is 24.7 Å². The SMILES string of the molecule is O=C(C[NH+]1CC[NH+](Cc2cccs2)CC1)NC(=O)NCC(F)(F)F. The molecule has 6 nitrogen and oxygen atoms in total. The first-order chi connectivity index (χ1) is 11.3. The van der Waals surface area contributed by atoms with E-state index in [1.807, 2.05) is 16.8 Å². The highest BCUT2D eigenvalue weighted by molar-refractivity contribution is 7.09. The van der Waals surface area contributed by atoms with Gasteiger partial charge in [-0.05, 0) is 11.4 Å². The molecule has 134 valence electrons. The molecule has 2 heterocycles. The molecule has 0 atom stereocenters. The van der Waals surface area contributed by atoms with Crippen molar-refractivity contribution in [2.75, 3.05) is 39.3 Å². The smallest absolute Gasteiger partial charge is 0.329 e. The average Bonchev–Trinajstić information content (AvgIpc) is 2.99. The van der Waals surface area contributed by atoms with Crippen LogP contribution >= 0.6 is 11.3 Å². The third kappa shape index (κ3) is 6.85. The van der Waals surface area contributed by atoms with Crippen LogP contribution < -0.4 is 20.4 Å². The van der Waals surface area contributed by atoms with Gasteiger partial charge in [-0.15, -0.1) is 11.3 Å². The van der Waals surface area contributed by atoms with Crippen LogP contribution in [0.5, 0.6) is 0 Å². The summed E-state index contributed by atoms with van der Waals surface area (Å²) in [4.78, 5) is 26.7. The number of thiophene rings is 1. The number of imide groups is 1. The molecule has 1 fully saturated rings. The van der Waals surface area contributed by atoms with Crippen molar-refractivity contribution >= 4 is 23.3 Å². The molecule has 1 aromatic heterocycles. The minimum Gasteiger partial charge on any atom is -0.329 e. The van der Waals surface area contributed by atoms with Gasteiger partial charge in [0.25, 0.3) is 5.91 Å². The van der Waals surface area contributed by atoms with E-state index >= 15 is 0 Å². The fourth-order valence-corrected chi connectivity index (χ4v) is 3.37. The maximum atomic E-state index is 12.0. The Morgan fingerprint density at radius 1 is 1.17 bits per heavy atom. The molecule has 24 heavy (non-hydrogen) atoms. The van der Waals surface area contributed by atoms with E-state index in [0.717, 1.165) is 37.6 Å². The summed E-state index contributed by atoms with van der Waals surface area (Å²) in [6, 6.07) is 3.01. The van der Waals surface area contributed by atoms with E-state index in [9.17, 15) is 22.8 Å². The van der Waals surface area contributed by atoms with Crippen molar-refractivity contribution in [3.05, 3.63) is 22.4 Å². The molecular weight excluding hydrogens is 345 g/mol. The van der Waals surface area contributed by atoms with Gasteiger partial charge >= 0.3 is 12.2 Å². The van der Waals surface area contributed by atoms with Crippen LogP contribution in [0.2, 0.25) is 0 Å². The molecule has 0 unspecified atom stereocenters. The summed E-state index contributed by atoms with van der Waals surface area (Å²) < 4.78 is 35.9. The molecule has 0 saturated carbocycles. The van der Waals surface area contributed by atoms with E-state index in [2.05, 4.69) is 6.07 Å². The summed E-state index contributed by atoms with van der Waals surface area (Å²) in [5, 5.41) is 5.59. The number of carbonyl (C=O) groups is 2. The number of quaternary nitrogens is 2. The Morgan fingerprint density at radius 2 is 1.83 bits per heavy atom. The monoisotopic (exact) mass is 366 g/mol. The van der Waals surface area contributed by atoms with Gasteiger partial charge in [-0.2, -0.15) is 13.2 Å². The first-order valence-corrected chi connectivity index (χ1v) is 8.54. The summed E-state index contributed by atoms with van der Waals surface area (Å²) in [6.07, 6.45) is -4.49. The standard InChI is InChI=1S/C14H19F3N4O2S/c15-14(16,17)10-18-13(23)19-12(22)9-21-5-3-20(4-6-21)8-11-2-1-7-24-11/h1-2,7H,3-6,8-10H2,(H2,18,19,22,23)/p+2. The lowest BCUT2D eigenvalue weighted by Crippen LogP contribution is -3.28. The number of nitrogens with one attached hydrogen (secondary N) is 4. The fraction of sp³-hybridized carbons (Fsp3) is 0.571. The zero-order valence-corrected chi connectivity index (χ0v) is 13.9. The molecule has 0 radical (unpaired) electrons. The van der Waals surface area contributed by atoms with Crippen molar-refractivity contribution in [1.29, 1.82) is 0 Å². The minimum absolute atomic E-state index is 0.0890. The van der Waals surface area contributed by atoms with Crippen LogP contribution in [0.25, 0.3) is 0 Å². The highest BCUT2D eigenvalue weighted by Gasteiger charge is 2.29. The third-order valence-electron chi connectivity index (χ3n) is 3.78. The van der Waals surface area contributed by atoms with Crippen molar-refractivity contribution < 1.29 is 32.6 Å². The maximum absolute atomic E-state index is 12.0. The predicted octanol–water partition coefficient (Wildman–Crippen LogP) is -1.58. The van der Waals surface area contributed by atoms with Gasteiger partial charge in [-0.3, -0.25) is 10.1 Å². The second-order valence-electron chi connectivity index (χ2n) is 5.78. The van der Waals surface area contributed by atoms with Gasteiger partial charge < -0.3 is 15.1 Å². The minimum atomic E-state index is -4.49. The second-order valence-corrected chi connectivity index (χ2v) is 6.81. The number of hydrogen-bond donors (Lipinski definition) is 4. The van der Waals surface area contributed by atoms with E-state index in [1.165, 1.54) is 9.78 Å². The zero-order chi connectivity index (χ0) is 17.6. The molecular formula is C14H21F3N4O2S+2. The molecule has 1 aliphatic rings. The molecule has 2 rings (SSSR count). The summed E-state index contributed by atoms with van der Waals surface area (Å²) in [6.45, 7) is 3.02. The Morgan fingerprint density at radius 3 is 2.42 bits per heavy atom. The molecule has 0 aliphatic carbocycles. The van der Waals surface area contributed by atoms with Crippen molar-refractivity contribution in [3.63, 3.8) is 0 Å². The number of urea groups is 1. The van der Waals surface area contributed by atoms with Crippen molar-refractivity contribution in [3.8, 4) is 0 Å². The summed E-state index contributed by atoms with van der Waals surface area (Å²) in [5.41, 5.74) is 0. The molecule has 1 saturated heterocycles. The van der Waals surface area contributed by atoms with Crippen molar-refractivity contribution in [1.82, 2.24) is 10.6 Å². The normalized spacial score (nSPS) is 21.3. The van der Waals surface area contributed by atoms with Gasteiger partial charge in [-0.1, -0.05) is 6.07 Å². The Hall–Kier alpha value is -1.65. The van der Waals surface area contributed by atoms with Crippen LogP contribution in [-0.2, 0) is 11.3 Å². The summed E-state index contributed by atoms with van der Waals surface area (Å²) in [7, 11) is 0. The Balaban J connectivity index is 1.64. The summed E-state index contributed by atoms with van der Waals surface area (Å²) in [5.74, 6) is -0.564. The molecule has 1 aromatic rings. The zero-order valence-electron chi connectivity index (χ0n) is 13.0. The van der Waals surface area contributed by atoms with Crippen molar-refractivity contribution in [2.45, 2.75) is 12.7 Å². The van der Waals surface area contributed by atoms with E-state index in [-0.39, 0.29) is 6.54 Å². The van der Waals surface area contributed by atoms with E-state index in [4.69, 9.17) is 0 Å². The fourth-order valence-electron chi connectivity index (χ4n) is 2.59. The van der Waals surface area contributed by atoms with Gasteiger partial charge in [0.05, 0.1) is 4.88 Å². The quantitative estimate of drug-likeness (QED) is 0.508. The van der Waals surface area contributed by atoms with Crippen molar-refractivity contribution in [2.24, 2.45) is 0 Å². The van der Waals surface area contributed by atoms with Crippen LogP contribution in [0.4, 0.5) is 18.0 Å². The molecule has 1 aliphatic heterocycles. The number of hydrogen-bond acceptors (Lipinski definition) is 3. The predicted molar refractivity (Wildman–Crippen MR) is 81.9 cm³/mol. The highest BCUT2D eigenvalue weighted by Crippen LogP contribution is 2.11. The summed E-state index contributed by atoms with van der Waals surface area (Å²) >= 11 is 1.72. The van der Waals surface area contributed by atoms with Crippen LogP contribution in [0.1, 0.15) is 4.88 Å². The molecule has 4 N–H and O–H groups in total. The van der Waals surface area contributed by atoms with Crippen LogP contribution in [0.15, 0.2) is 17.5 Å². The first-order valence-electron chi connectivity index (χ1n) is 7.66. The molecule has 0 bridgehead atoms. The molecule has 10 heteroatoms. The number of alkyl halides is 3. The Kier molecular flexibility index (Phi) is 6.58. The number of amides is 3. The third-order valence-corrected chi connectivity index (χ3v) is 4.66. The topological polar surface area (TPSA) is 67.1 Å². The molecule has 3 amide bonds. The average molecular weight is 366 g/mol. The van der Waals surface area contributed by atoms with Gasteiger partial charge in [0.15, 0.2) is 6.54 Å². The largest absolute Gasteiger partial charge is 0.405 e. The van der Waals surface area contributed by atoms with E-state index in [1.54, 1.807) is 16.7 Å². The number of piperazine rings is 1. The number of carbonyl (C=O) groups excluding carboxylic acids is 2. The Labute approximate surface area is 141 Å². The highest BCUT2D eigenvalue weighted by atomic mass is 32.1. The van der Waals surface area contributed by atoms with Gasteiger partial charge in [0, 0.05) is 0 Å².